The fourth-order valence-corrected chi connectivity index (χ4v) is 3.63. The van der Waals surface area contributed by atoms with E-state index in [9.17, 15) is 0 Å². The van der Waals surface area contributed by atoms with Crippen LogP contribution in [0.15, 0.2) is 24.3 Å². The summed E-state index contributed by atoms with van der Waals surface area (Å²) in [6.45, 7) is 7.14. The number of piperazine rings is 1. The molecule has 1 aromatic carbocycles. The third-order valence-electron chi connectivity index (χ3n) is 4.94. The molecule has 1 N–H and O–H groups in total. The molecule has 0 aromatic heterocycles. The van der Waals surface area contributed by atoms with Crippen LogP contribution in [-0.2, 0) is 0 Å². The first-order chi connectivity index (χ1) is 10.2. The minimum atomic E-state index is 0.653. The Morgan fingerprint density at radius 3 is 2.57 bits per heavy atom. The van der Waals surface area contributed by atoms with Gasteiger partial charge in [-0.15, -0.1) is 0 Å². The van der Waals surface area contributed by atoms with Gasteiger partial charge in [0.2, 0.25) is 0 Å². The van der Waals surface area contributed by atoms with Gasteiger partial charge in [0.05, 0.1) is 0 Å². The summed E-state index contributed by atoms with van der Waals surface area (Å²) in [4.78, 5) is 4.97. The van der Waals surface area contributed by atoms with Crippen LogP contribution in [0, 0.1) is 0 Å². The van der Waals surface area contributed by atoms with Crippen LogP contribution in [0.3, 0.4) is 0 Å². The van der Waals surface area contributed by atoms with Crippen molar-refractivity contribution in [1.29, 1.82) is 0 Å². The normalized spacial score (nSPS) is 27.5. The van der Waals surface area contributed by atoms with E-state index in [-0.39, 0.29) is 0 Å². The average Bonchev–Trinajstić information content (AvgIpc) is 2.45. The lowest BCUT2D eigenvalue weighted by Crippen LogP contribution is -2.48. The lowest BCUT2D eigenvalue weighted by atomic mass is 9.76. The molecule has 0 atom stereocenters. The van der Waals surface area contributed by atoms with Gasteiger partial charge in [-0.1, -0.05) is 29.8 Å². The van der Waals surface area contributed by atoms with Crippen molar-refractivity contribution in [3.63, 3.8) is 0 Å². The Hall–Kier alpha value is -0.610. The molecule has 3 nitrogen and oxygen atoms in total. The predicted octanol–water partition coefficient (Wildman–Crippen LogP) is 2.42. The maximum atomic E-state index is 6.27. The molecule has 1 aromatic rings. The summed E-state index contributed by atoms with van der Waals surface area (Å²) in [5.41, 5.74) is 1.33. The first-order valence-electron chi connectivity index (χ1n) is 8.11. The molecule has 1 aliphatic heterocycles. The van der Waals surface area contributed by atoms with Crippen LogP contribution >= 0.6 is 11.6 Å². The van der Waals surface area contributed by atoms with Crippen molar-refractivity contribution in [3.8, 4) is 0 Å². The molecule has 3 rings (SSSR count). The SMILES string of the molecule is CN1CCN(CCNC2CC(c3ccccc3Cl)C2)CC1. The van der Waals surface area contributed by atoms with Gasteiger partial charge in [0.15, 0.2) is 0 Å². The van der Waals surface area contributed by atoms with Gasteiger partial charge in [-0.05, 0) is 37.4 Å². The molecule has 0 amide bonds. The molecule has 1 heterocycles. The molecule has 1 saturated heterocycles. The highest BCUT2D eigenvalue weighted by Gasteiger charge is 2.30. The molecule has 4 heteroatoms. The van der Waals surface area contributed by atoms with Crippen LogP contribution < -0.4 is 5.32 Å². The fourth-order valence-electron chi connectivity index (χ4n) is 3.34. The average molecular weight is 308 g/mol. The van der Waals surface area contributed by atoms with Gasteiger partial charge in [0.1, 0.15) is 0 Å². The van der Waals surface area contributed by atoms with Crippen LogP contribution in [0.4, 0.5) is 0 Å². The van der Waals surface area contributed by atoms with Crippen molar-refractivity contribution < 1.29 is 0 Å². The van der Waals surface area contributed by atoms with Crippen LogP contribution in [0.25, 0.3) is 0 Å². The first-order valence-corrected chi connectivity index (χ1v) is 8.49. The van der Waals surface area contributed by atoms with Gasteiger partial charge in [-0.25, -0.2) is 0 Å². The zero-order valence-electron chi connectivity index (χ0n) is 12.9. The monoisotopic (exact) mass is 307 g/mol. The summed E-state index contributed by atoms with van der Waals surface area (Å²) in [6, 6.07) is 8.96. The summed E-state index contributed by atoms with van der Waals surface area (Å²) in [6.07, 6.45) is 2.46. The first kappa shape index (κ1) is 15.3. The number of nitrogens with one attached hydrogen (secondary N) is 1. The van der Waals surface area contributed by atoms with Gasteiger partial charge in [0, 0.05) is 50.3 Å². The van der Waals surface area contributed by atoms with Gasteiger partial charge in [-0.2, -0.15) is 0 Å². The van der Waals surface area contributed by atoms with Gasteiger partial charge in [0.25, 0.3) is 0 Å². The number of likely N-dealkylation sites (N-methyl/N-ethyl adjacent to an activating group) is 1. The highest BCUT2D eigenvalue weighted by Crippen LogP contribution is 2.39. The number of nitrogens with zero attached hydrogens (tertiary/aromatic N) is 2. The lowest BCUT2D eigenvalue weighted by molar-refractivity contribution is 0.150. The third kappa shape index (κ3) is 3.98. The fraction of sp³-hybridized carbons (Fsp3) is 0.647. The standard InChI is InChI=1S/C17H26ClN3/c1-20-8-10-21(11-9-20)7-6-19-15-12-14(13-15)16-4-2-3-5-17(16)18/h2-5,14-15,19H,6-13H2,1H3. The van der Waals surface area contributed by atoms with E-state index < -0.39 is 0 Å². The van der Waals surface area contributed by atoms with Crippen LogP contribution in [0.2, 0.25) is 5.02 Å². The third-order valence-corrected chi connectivity index (χ3v) is 5.28. The van der Waals surface area contributed by atoms with E-state index in [1.165, 1.54) is 51.1 Å². The minimum Gasteiger partial charge on any atom is -0.313 e. The van der Waals surface area contributed by atoms with Gasteiger partial charge >= 0.3 is 0 Å². The second-order valence-electron chi connectivity index (χ2n) is 6.49. The van der Waals surface area contributed by atoms with Crippen molar-refractivity contribution >= 4 is 11.6 Å². The zero-order chi connectivity index (χ0) is 14.7. The molecule has 1 saturated carbocycles. The summed E-state index contributed by atoms with van der Waals surface area (Å²) in [5.74, 6) is 0.653. The van der Waals surface area contributed by atoms with E-state index in [4.69, 9.17) is 11.6 Å². The molecule has 0 bridgehead atoms. The molecular formula is C17H26ClN3. The van der Waals surface area contributed by atoms with Crippen LogP contribution in [0.1, 0.15) is 24.3 Å². The maximum absolute atomic E-state index is 6.27. The topological polar surface area (TPSA) is 18.5 Å². The molecule has 0 spiro atoms. The van der Waals surface area contributed by atoms with Crippen molar-refractivity contribution in [2.24, 2.45) is 0 Å². The predicted molar refractivity (Wildman–Crippen MR) is 89.2 cm³/mol. The van der Waals surface area contributed by atoms with Crippen molar-refractivity contribution in [1.82, 2.24) is 15.1 Å². The zero-order valence-corrected chi connectivity index (χ0v) is 13.6. The Morgan fingerprint density at radius 2 is 1.86 bits per heavy atom. The number of hydrogen-bond acceptors (Lipinski definition) is 3. The number of halogens is 1. The van der Waals surface area contributed by atoms with Crippen molar-refractivity contribution in [3.05, 3.63) is 34.9 Å². The molecule has 0 radical (unpaired) electrons. The second-order valence-corrected chi connectivity index (χ2v) is 6.89. The number of rotatable bonds is 5. The van der Waals surface area contributed by atoms with E-state index >= 15 is 0 Å². The van der Waals surface area contributed by atoms with Crippen LogP contribution in [0.5, 0.6) is 0 Å². The lowest BCUT2D eigenvalue weighted by Gasteiger charge is -2.38. The van der Waals surface area contributed by atoms with Gasteiger partial charge in [-0.3, -0.25) is 4.90 Å². The Morgan fingerprint density at radius 1 is 1.14 bits per heavy atom. The summed E-state index contributed by atoms with van der Waals surface area (Å²) in [5, 5.41) is 4.63. The molecule has 21 heavy (non-hydrogen) atoms. The van der Waals surface area contributed by atoms with E-state index in [1.807, 2.05) is 12.1 Å². The molecule has 2 fully saturated rings. The Kier molecular flexibility index (Phi) is 5.17. The summed E-state index contributed by atoms with van der Waals surface area (Å²) in [7, 11) is 2.21. The van der Waals surface area contributed by atoms with Crippen molar-refractivity contribution in [2.75, 3.05) is 46.3 Å². The van der Waals surface area contributed by atoms with Gasteiger partial charge < -0.3 is 10.2 Å². The summed E-state index contributed by atoms with van der Waals surface area (Å²) < 4.78 is 0. The highest BCUT2D eigenvalue weighted by atomic mass is 35.5. The largest absolute Gasteiger partial charge is 0.313 e. The molecular weight excluding hydrogens is 282 g/mol. The van der Waals surface area contributed by atoms with Crippen molar-refractivity contribution in [2.45, 2.75) is 24.8 Å². The van der Waals surface area contributed by atoms with E-state index in [2.05, 4.69) is 34.3 Å². The number of benzene rings is 1. The summed E-state index contributed by atoms with van der Waals surface area (Å²) >= 11 is 6.27. The molecule has 116 valence electrons. The van der Waals surface area contributed by atoms with E-state index in [1.54, 1.807) is 0 Å². The second kappa shape index (κ2) is 7.10. The maximum Gasteiger partial charge on any atom is 0.0440 e. The smallest absolute Gasteiger partial charge is 0.0440 e. The Labute approximate surface area is 133 Å². The Balaban J connectivity index is 1.33. The quantitative estimate of drug-likeness (QED) is 0.901. The molecule has 2 aliphatic rings. The molecule has 1 aliphatic carbocycles. The van der Waals surface area contributed by atoms with Crippen LogP contribution in [-0.4, -0.2) is 62.2 Å². The van der Waals surface area contributed by atoms with E-state index in [0.717, 1.165) is 11.6 Å². The van der Waals surface area contributed by atoms with E-state index in [0.29, 0.717) is 12.0 Å². The minimum absolute atomic E-state index is 0.653. The molecule has 0 unspecified atom stereocenters. The highest BCUT2D eigenvalue weighted by molar-refractivity contribution is 6.31. The number of hydrogen-bond donors (Lipinski definition) is 1. The Bertz CT molecular complexity index is 451.